The highest BCUT2D eigenvalue weighted by atomic mass is 16.7. The molecule has 2 heterocycles. The molecule has 0 aromatic heterocycles. The number of aliphatic hydroxyl groups excluding tert-OH is 3. The molecule has 6 aliphatic rings. The molecular weight excluding hydrogens is 416 g/mol. The lowest BCUT2D eigenvalue weighted by atomic mass is 9.40. The summed E-state index contributed by atoms with van der Waals surface area (Å²) < 4.78 is 13.3. The molecule has 1 spiro atoms. The Labute approximate surface area is 199 Å². The van der Waals surface area contributed by atoms with E-state index in [-0.39, 0.29) is 23.0 Å². The predicted molar refractivity (Wildman–Crippen MR) is 125 cm³/mol. The van der Waals surface area contributed by atoms with Crippen molar-refractivity contribution < 1.29 is 24.8 Å². The second kappa shape index (κ2) is 7.65. The molecule has 6 fully saturated rings. The van der Waals surface area contributed by atoms with Crippen molar-refractivity contribution in [2.24, 2.45) is 52.3 Å². The smallest absolute Gasteiger partial charge is 0.171 e. The minimum absolute atomic E-state index is 0.0162. The normalized spacial score (nSPS) is 62.8. The number of fused-ring (bicyclic) bond motifs is 7. The average molecular weight is 463 g/mol. The molecule has 0 aromatic carbocycles. The Hall–Kier alpha value is -0.200. The first-order chi connectivity index (χ1) is 15.6. The topological polar surface area (TPSA) is 79.2 Å². The van der Waals surface area contributed by atoms with Gasteiger partial charge in [-0.15, -0.1) is 0 Å². The van der Waals surface area contributed by atoms with Crippen LogP contribution in [0.4, 0.5) is 0 Å². The summed E-state index contributed by atoms with van der Waals surface area (Å²) in [6.07, 6.45) is 7.55. The first-order valence-electron chi connectivity index (χ1n) is 14.0. The molecule has 0 bridgehead atoms. The summed E-state index contributed by atoms with van der Waals surface area (Å²) in [7, 11) is 0. The summed E-state index contributed by atoms with van der Waals surface area (Å²) in [4.78, 5) is 0. The summed E-state index contributed by atoms with van der Waals surface area (Å²) in [5, 5.41) is 32.9. The van der Waals surface area contributed by atoms with Gasteiger partial charge in [-0.05, 0) is 86.4 Å². The predicted octanol–water partition coefficient (Wildman–Crippen LogP) is 4.13. The molecule has 0 aromatic rings. The SMILES string of the molecule is CC1CCC2(OC1)OC1CCC3C4CCC5CC(O)C(O)CC5(C)C4CC(O)C3(C)C1C2C. The van der Waals surface area contributed by atoms with Crippen LogP contribution in [0.5, 0.6) is 0 Å². The van der Waals surface area contributed by atoms with Gasteiger partial charge in [-0.2, -0.15) is 0 Å². The van der Waals surface area contributed by atoms with Crippen LogP contribution in [-0.2, 0) is 9.47 Å². The van der Waals surface area contributed by atoms with Gasteiger partial charge in [-0.25, -0.2) is 0 Å². The molecule has 0 amide bonds. The summed E-state index contributed by atoms with van der Waals surface area (Å²) in [5.41, 5.74) is -0.127. The zero-order valence-corrected chi connectivity index (χ0v) is 21.1. The summed E-state index contributed by atoms with van der Waals surface area (Å²) >= 11 is 0. The average Bonchev–Trinajstić information content (AvgIpc) is 3.05. The van der Waals surface area contributed by atoms with E-state index in [1.165, 1.54) is 6.42 Å². The lowest BCUT2D eigenvalue weighted by Gasteiger charge is -2.66. The van der Waals surface area contributed by atoms with E-state index in [0.29, 0.717) is 54.3 Å². The Balaban J connectivity index is 1.31. The first-order valence-corrected chi connectivity index (χ1v) is 14.0. The van der Waals surface area contributed by atoms with Gasteiger partial charge >= 0.3 is 0 Å². The maximum atomic E-state index is 11.9. The van der Waals surface area contributed by atoms with E-state index in [2.05, 4.69) is 27.7 Å². The lowest BCUT2D eigenvalue weighted by molar-refractivity contribution is -0.270. The largest absolute Gasteiger partial charge is 0.393 e. The quantitative estimate of drug-likeness (QED) is 0.472. The van der Waals surface area contributed by atoms with Crippen LogP contribution in [0.2, 0.25) is 0 Å². The van der Waals surface area contributed by atoms with Crippen molar-refractivity contribution in [3.05, 3.63) is 0 Å². The van der Waals surface area contributed by atoms with Crippen molar-refractivity contribution >= 4 is 0 Å². The lowest BCUT2D eigenvalue weighted by Crippen LogP contribution is -2.64. The molecule has 4 saturated carbocycles. The van der Waals surface area contributed by atoms with Crippen LogP contribution in [0.3, 0.4) is 0 Å². The summed E-state index contributed by atoms with van der Waals surface area (Å²) in [5.74, 6) is 2.76. The van der Waals surface area contributed by atoms with Crippen LogP contribution in [0, 0.1) is 52.3 Å². The number of ether oxygens (including phenoxy) is 2. The maximum Gasteiger partial charge on any atom is 0.171 e. The molecule has 6 rings (SSSR count). The van der Waals surface area contributed by atoms with Gasteiger partial charge < -0.3 is 24.8 Å². The Morgan fingerprint density at radius 2 is 1.64 bits per heavy atom. The number of hydrogen-bond acceptors (Lipinski definition) is 5. The highest BCUT2D eigenvalue weighted by Crippen LogP contribution is 2.69. The maximum absolute atomic E-state index is 11.9. The highest BCUT2D eigenvalue weighted by Gasteiger charge is 2.69. The third-order valence-corrected chi connectivity index (χ3v) is 12.3. The van der Waals surface area contributed by atoms with E-state index in [9.17, 15) is 15.3 Å². The Kier molecular flexibility index (Phi) is 5.38. The molecule has 0 radical (unpaired) electrons. The first kappa shape index (κ1) is 23.2. The van der Waals surface area contributed by atoms with E-state index >= 15 is 0 Å². The number of aliphatic hydroxyl groups is 3. The molecule has 2 saturated heterocycles. The van der Waals surface area contributed by atoms with E-state index in [4.69, 9.17) is 9.47 Å². The standard InChI is InChI=1S/C28H46O5/c1-15-9-10-28(32-14-15)16(2)25-23(33-28)8-7-19-18-6-5-17-11-21(29)22(30)13-26(17,3)20(18)12-24(31)27(19,25)4/h15-25,29-31H,5-14H2,1-4H3. The van der Waals surface area contributed by atoms with Crippen LogP contribution in [-0.4, -0.2) is 52.1 Å². The minimum atomic E-state index is -0.625. The van der Waals surface area contributed by atoms with Crippen LogP contribution in [0.1, 0.15) is 85.5 Å². The Morgan fingerprint density at radius 1 is 0.848 bits per heavy atom. The second-order valence-electron chi connectivity index (χ2n) is 13.7. The van der Waals surface area contributed by atoms with Crippen LogP contribution < -0.4 is 0 Å². The van der Waals surface area contributed by atoms with Crippen LogP contribution in [0.15, 0.2) is 0 Å². The molecule has 14 atom stereocenters. The highest BCUT2D eigenvalue weighted by molar-refractivity contribution is 5.16. The molecule has 3 N–H and O–H groups in total. The van der Waals surface area contributed by atoms with Crippen LogP contribution in [0.25, 0.3) is 0 Å². The Bertz CT molecular complexity index is 763. The minimum Gasteiger partial charge on any atom is -0.393 e. The molecule has 4 aliphatic carbocycles. The van der Waals surface area contributed by atoms with Crippen molar-refractivity contribution in [2.75, 3.05) is 6.61 Å². The fourth-order valence-electron chi connectivity index (χ4n) is 10.5. The summed E-state index contributed by atoms with van der Waals surface area (Å²) in [6.45, 7) is 10.1. The molecule has 5 heteroatoms. The molecule has 2 aliphatic heterocycles. The molecule has 188 valence electrons. The molecule has 5 nitrogen and oxygen atoms in total. The Morgan fingerprint density at radius 3 is 2.36 bits per heavy atom. The van der Waals surface area contributed by atoms with E-state index < -0.39 is 18.0 Å². The van der Waals surface area contributed by atoms with Gasteiger partial charge in [0.15, 0.2) is 5.79 Å². The van der Waals surface area contributed by atoms with E-state index in [1.54, 1.807) is 0 Å². The summed E-state index contributed by atoms with van der Waals surface area (Å²) in [6, 6.07) is 0. The number of rotatable bonds is 0. The van der Waals surface area contributed by atoms with Gasteiger partial charge in [0.25, 0.3) is 0 Å². The fraction of sp³-hybridized carbons (Fsp3) is 1.00. The molecular formula is C28H46O5. The van der Waals surface area contributed by atoms with Gasteiger partial charge in [-0.3, -0.25) is 0 Å². The third kappa shape index (κ3) is 3.08. The zero-order valence-electron chi connectivity index (χ0n) is 21.1. The van der Waals surface area contributed by atoms with Gasteiger partial charge in [0, 0.05) is 23.7 Å². The van der Waals surface area contributed by atoms with Crippen molar-refractivity contribution in [2.45, 2.75) is 116 Å². The van der Waals surface area contributed by atoms with Crippen molar-refractivity contribution in [1.29, 1.82) is 0 Å². The molecule has 14 unspecified atom stereocenters. The van der Waals surface area contributed by atoms with Crippen molar-refractivity contribution in [3.63, 3.8) is 0 Å². The van der Waals surface area contributed by atoms with Crippen molar-refractivity contribution in [1.82, 2.24) is 0 Å². The van der Waals surface area contributed by atoms with Crippen molar-refractivity contribution in [3.8, 4) is 0 Å². The monoisotopic (exact) mass is 462 g/mol. The number of hydrogen-bond donors (Lipinski definition) is 3. The molecule has 33 heavy (non-hydrogen) atoms. The van der Waals surface area contributed by atoms with Gasteiger partial charge in [0.05, 0.1) is 31.0 Å². The van der Waals surface area contributed by atoms with Gasteiger partial charge in [0.1, 0.15) is 0 Å². The zero-order chi connectivity index (χ0) is 23.3. The van der Waals surface area contributed by atoms with Crippen LogP contribution >= 0.6 is 0 Å². The second-order valence-corrected chi connectivity index (χ2v) is 13.7. The van der Waals surface area contributed by atoms with E-state index in [1.807, 2.05) is 0 Å². The van der Waals surface area contributed by atoms with Gasteiger partial charge in [0.2, 0.25) is 0 Å². The van der Waals surface area contributed by atoms with Gasteiger partial charge in [-0.1, -0.05) is 27.7 Å². The third-order valence-electron chi connectivity index (χ3n) is 12.3. The fourth-order valence-corrected chi connectivity index (χ4v) is 10.5. The van der Waals surface area contributed by atoms with E-state index in [0.717, 1.165) is 45.1 Å².